The largest absolute Gasteiger partial charge is 0.497 e. The summed E-state index contributed by atoms with van der Waals surface area (Å²) in [6.45, 7) is 3.81. The summed E-state index contributed by atoms with van der Waals surface area (Å²) >= 11 is 3.37. The van der Waals surface area contributed by atoms with Crippen molar-refractivity contribution >= 4 is 27.5 Å². The number of benzene rings is 1. The van der Waals surface area contributed by atoms with Gasteiger partial charge in [0.1, 0.15) is 5.75 Å². The van der Waals surface area contributed by atoms with Crippen LogP contribution in [0, 0.1) is 0 Å². The summed E-state index contributed by atoms with van der Waals surface area (Å²) in [5.41, 5.74) is 5.89. The van der Waals surface area contributed by atoms with Crippen LogP contribution in [0.15, 0.2) is 22.7 Å². The minimum absolute atomic E-state index is 0.173. The number of carbonyl (C=O) groups excluding carboxylic acids is 1. The summed E-state index contributed by atoms with van der Waals surface area (Å²) in [4.78, 5) is 12.1. The number of carbonyl (C=O) groups is 1. The van der Waals surface area contributed by atoms with E-state index < -0.39 is 5.54 Å². The third-order valence-electron chi connectivity index (χ3n) is 3.08. The van der Waals surface area contributed by atoms with E-state index in [-0.39, 0.29) is 5.91 Å². The molecule has 0 bridgehead atoms. The molecule has 3 N–H and O–H groups in total. The second-order valence-corrected chi connectivity index (χ2v) is 5.11. The fourth-order valence-electron chi connectivity index (χ4n) is 1.58. The zero-order chi connectivity index (χ0) is 13.8. The normalized spacial score (nSPS) is 11.2. The van der Waals surface area contributed by atoms with E-state index in [1.54, 1.807) is 13.2 Å². The van der Waals surface area contributed by atoms with Crippen LogP contribution >= 0.6 is 15.9 Å². The van der Waals surface area contributed by atoms with E-state index in [1.807, 2.05) is 26.0 Å². The molecule has 0 aliphatic heterocycles. The number of rotatable bonds is 5. The molecule has 0 aliphatic rings. The Hall–Kier alpha value is -1.07. The van der Waals surface area contributed by atoms with Crippen LogP contribution in [0.2, 0.25) is 0 Å². The minimum atomic E-state index is -0.824. The molecule has 4 nitrogen and oxygen atoms in total. The van der Waals surface area contributed by atoms with Crippen LogP contribution in [0.3, 0.4) is 0 Å². The Morgan fingerprint density at radius 3 is 2.50 bits per heavy atom. The average Bonchev–Trinajstić information content (AvgIpc) is 2.36. The third kappa shape index (κ3) is 3.46. The zero-order valence-corrected chi connectivity index (χ0v) is 12.5. The van der Waals surface area contributed by atoms with Crippen LogP contribution in [0.25, 0.3) is 0 Å². The Morgan fingerprint density at radius 1 is 1.39 bits per heavy atom. The summed E-state index contributed by atoms with van der Waals surface area (Å²) in [7, 11) is 1.58. The molecule has 0 saturated carbocycles. The van der Waals surface area contributed by atoms with Gasteiger partial charge in [-0.2, -0.15) is 0 Å². The molecule has 0 atom stereocenters. The zero-order valence-electron chi connectivity index (χ0n) is 10.9. The van der Waals surface area contributed by atoms with Gasteiger partial charge in [0, 0.05) is 16.2 Å². The fraction of sp³-hybridized carbons (Fsp3) is 0.462. The van der Waals surface area contributed by atoms with Gasteiger partial charge in [-0.1, -0.05) is 29.8 Å². The molecule has 5 heteroatoms. The Balaban J connectivity index is 2.91. The predicted molar refractivity (Wildman–Crippen MR) is 76.8 cm³/mol. The van der Waals surface area contributed by atoms with Gasteiger partial charge in [0.25, 0.3) is 0 Å². The van der Waals surface area contributed by atoms with Crippen molar-refractivity contribution in [3.8, 4) is 5.75 Å². The molecular weight excluding hydrogens is 296 g/mol. The van der Waals surface area contributed by atoms with Crippen LogP contribution in [-0.4, -0.2) is 18.6 Å². The highest BCUT2D eigenvalue weighted by atomic mass is 79.9. The minimum Gasteiger partial charge on any atom is -0.497 e. The molecule has 0 radical (unpaired) electrons. The molecule has 1 rings (SSSR count). The van der Waals surface area contributed by atoms with Gasteiger partial charge >= 0.3 is 0 Å². The Morgan fingerprint density at radius 2 is 2.00 bits per heavy atom. The van der Waals surface area contributed by atoms with Gasteiger partial charge in [0.05, 0.1) is 12.6 Å². The van der Waals surface area contributed by atoms with Gasteiger partial charge in [-0.25, -0.2) is 0 Å². The number of amides is 1. The lowest BCUT2D eigenvalue weighted by molar-refractivity contribution is -0.121. The van der Waals surface area contributed by atoms with E-state index >= 15 is 0 Å². The van der Waals surface area contributed by atoms with Crippen molar-refractivity contribution in [2.45, 2.75) is 32.2 Å². The van der Waals surface area contributed by atoms with Crippen molar-refractivity contribution in [2.75, 3.05) is 12.4 Å². The highest BCUT2D eigenvalue weighted by Crippen LogP contribution is 2.25. The van der Waals surface area contributed by atoms with Crippen molar-refractivity contribution < 1.29 is 9.53 Å². The van der Waals surface area contributed by atoms with Crippen LogP contribution < -0.4 is 15.8 Å². The number of hydrogen-bond donors (Lipinski definition) is 2. The van der Waals surface area contributed by atoms with Crippen molar-refractivity contribution in [3.05, 3.63) is 22.7 Å². The molecule has 0 aliphatic carbocycles. The lowest BCUT2D eigenvalue weighted by Crippen LogP contribution is -2.50. The molecule has 18 heavy (non-hydrogen) atoms. The molecular formula is C13H19BrN2O2. The summed E-state index contributed by atoms with van der Waals surface area (Å²) in [6, 6.07) is 5.39. The summed E-state index contributed by atoms with van der Waals surface area (Å²) in [6.07, 6.45) is 1.20. The lowest BCUT2D eigenvalue weighted by Gasteiger charge is -2.25. The van der Waals surface area contributed by atoms with Gasteiger partial charge in [0.15, 0.2) is 0 Å². The summed E-state index contributed by atoms with van der Waals surface area (Å²) < 4.78 is 5.98. The van der Waals surface area contributed by atoms with Crippen LogP contribution in [0.5, 0.6) is 5.75 Å². The third-order valence-corrected chi connectivity index (χ3v) is 3.54. The number of halogens is 1. The Labute approximate surface area is 116 Å². The number of nitrogens with one attached hydrogen (secondary N) is 1. The maximum Gasteiger partial charge on any atom is 0.244 e. The Bertz CT molecular complexity index is 431. The van der Waals surface area contributed by atoms with E-state index in [2.05, 4.69) is 21.2 Å². The van der Waals surface area contributed by atoms with E-state index in [4.69, 9.17) is 10.5 Å². The molecule has 1 aromatic carbocycles. The fourth-order valence-corrected chi connectivity index (χ4v) is 2.05. The highest BCUT2D eigenvalue weighted by Gasteiger charge is 2.29. The first-order chi connectivity index (χ1) is 8.45. The second kappa shape index (κ2) is 6.20. The van der Waals surface area contributed by atoms with Crippen molar-refractivity contribution in [1.29, 1.82) is 0 Å². The Kier molecular flexibility index (Phi) is 5.16. The van der Waals surface area contributed by atoms with Crippen molar-refractivity contribution in [2.24, 2.45) is 5.73 Å². The SMILES string of the molecule is CCC(N)(CC)C(=O)Nc1cc(Br)cc(OC)c1. The molecule has 0 unspecified atom stereocenters. The smallest absolute Gasteiger partial charge is 0.244 e. The molecule has 1 aromatic rings. The lowest BCUT2D eigenvalue weighted by atomic mass is 9.93. The second-order valence-electron chi connectivity index (χ2n) is 4.20. The van der Waals surface area contributed by atoms with Gasteiger partial charge in [0.2, 0.25) is 5.91 Å². The molecule has 0 fully saturated rings. The van der Waals surface area contributed by atoms with E-state index in [0.717, 1.165) is 4.47 Å². The summed E-state index contributed by atoms with van der Waals surface area (Å²) in [5, 5.41) is 2.83. The van der Waals surface area contributed by atoms with E-state index in [9.17, 15) is 4.79 Å². The van der Waals surface area contributed by atoms with Crippen molar-refractivity contribution in [1.82, 2.24) is 0 Å². The molecule has 100 valence electrons. The average molecular weight is 315 g/mol. The first kappa shape index (κ1) is 15.0. The molecule has 1 amide bonds. The van der Waals surface area contributed by atoms with E-state index in [0.29, 0.717) is 24.3 Å². The number of nitrogens with two attached hydrogens (primary N) is 1. The van der Waals surface area contributed by atoms with Crippen LogP contribution in [-0.2, 0) is 4.79 Å². The standard InChI is InChI=1S/C13H19BrN2O2/c1-4-13(15,5-2)12(17)16-10-6-9(14)7-11(8-10)18-3/h6-8H,4-5,15H2,1-3H3,(H,16,17). The highest BCUT2D eigenvalue weighted by molar-refractivity contribution is 9.10. The van der Waals surface area contributed by atoms with Crippen LogP contribution in [0.4, 0.5) is 5.69 Å². The molecule has 0 saturated heterocycles. The number of methoxy groups -OCH3 is 1. The van der Waals surface area contributed by atoms with Gasteiger partial charge in [-0.3, -0.25) is 4.79 Å². The van der Waals surface area contributed by atoms with E-state index in [1.165, 1.54) is 0 Å². The molecule has 0 heterocycles. The quantitative estimate of drug-likeness (QED) is 0.878. The maximum absolute atomic E-state index is 12.1. The monoisotopic (exact) mass is 314 g/mol. The summed E-state index contributed by atoms with van der Waals surface area (Å²) in [5.74, 6) is 0.503. The first-order valence-electron chi connectivity index (χ1n) is 5.90. The predicted octanol–water partition coefficient (Wildman–Crippen LogP) is 2.91. The van der Waals surface area contributed by atoms with Gasteiger partial charge in [-0.15, -0.1) is 0 Å². The van der Waals surface area contributed by atoms with Gasteiger partial charge in [-0.05, 0) is 25.0 Å². The topological polar surface area (TPSA) is 64.4 Å². The molecule has 0 aromatic heterocycles. The van der Waals surface area contributed by atoms with Crippen LogP contribution in [0.1, 0.15) is 26.7 Å². The van der Waals surface area contributed by atoms with Gasteiger partial charge < -0.3 is 15.8 Å². The number of hydrogen-bond acceptors (Lipinski definition) is 3. The maximum atomic E-state index is 12.1. The number of ether oxygens (including phenoxy) is 1. The number of anilines is 1. The first-order valence-corrected chi connectivity index (χ1v) is 6.69. The van der Waals surface area contributed by atoms with Crippen molar-refractivity contribution in [3.63, 3.8) is 0 Å². The molecule has 0 spiro atoms.